The number of pyridine rings is 1. The van der Waals surface area contributed by atoms with Crippen LogP contribution in [0.3, 0.4) is 0 Å². The molecule has 6 heteroatoms. The Morgan fingerprint density at radius 3 is 2.52 bits per heavy atom. The number of rotatable bonds is 5. The number of halogens is 1. The van der Waals surface area contributed by atoms with Crippen molar-refractivity contribution in [2.45, 2.75) is 33.2 Å². The van der Waals surface area contributed by atoms with E-state index in [-0.39, 0.29) is 17.0 Å². The first-order valence-corrected chi connectivity index (χ1v) is 8.32. The van der Waals surface area contributed by atoms with Crippen molar-refractivity contribution in [1.29, 1.82) is 5.26 Å². The number of aromatic nitrogens is 1. The number of hydrogen-bond acceptors (Lipinski definition) is 3. The number of nitriles is 1. The Morgan fingerprint density at radius 1 is 1.28 bits per heavy atom. The SMILES string of the molecule is Cc1[nH]c(=O)c(C#N)c(C)c1CCC(=O)N(C)Cc1ccc(Cl)cc1. The largest absolute Gasteiger partial charge is 0.341 e. The Labute approximate surface area is 151 Å². The van der Waals surface area contributed by atoms with Gasteiger partial charge in [0.05, 0.1) is 0 Å². The summed E-state index contributed by atoms with van der Waals surface area (Å²) in [4.78, 5) is 28.5. The molecule has 0 saturated carbocycles. The van der Waals surface area contributed by atoms with Crippen LogP contribution in [0.25, 0.3) is 0 Å². The van der Waals surface area contributed by atoms with Gasteiger partial charge in [-0.25, -0.2) is 0 Å². The van der Waals surface area contributed by atoms with Gasteiger partial charge in [0, 0.05) is 30.7 Å². The minimum Gasteiger partial charge on any atom is -0.341 e. The Morgan fingerprint density at radius 2 is 1.92 bits per heavy atom. The molecule has 2 aromatic rings. The predicted molar refractivity (Wildman–Crippen MR) is 97.5 cm³/mol. The molecule has 0 atom stereocenters. The maximum Gasteiger partial charge on any atom is 0.266 e. The summed E-state index contributed by atoms with van der Waals surface area (Å²) in [6.45, 7) is 4.04. The second-order valence-corrected chi connectivity index (χ2v) is 6.48. The van der Waals surface area contributed by atoms with Crippen LogP contribution in [0.15, 0.2) is 29.1 Å². The van der Waals surface area contributed by atoms with Gasteiger partial charge in [0.25, 0.3) is 5.56 Å². The molecule has 0 fully saturated rings. The summed E-state index contributed by atoms with van der Waals surface area (Å²) in [5.74, 6) is -0.00143. The molecule has 0 aliphatic heterocycles. The van der Waals surface area contributed by atoms with E-state index in [4.69, 9.17) is 16.9 Å². The van der Waals surface area contributed by atoms with E-state index in [2.05, 4.69) is 4.98 Å². The zero-order valence-electron chi connectivity index (χ0n) is 14.5. The van der Waals surface area contributed by atoms with Gasteiger partial charge in [0.1, 0.15) is 11.6 Å². The summed E-state index contributed by atoms with van der Waals surface area (Å²) in [6, 6.07) is 9.30. The highest BCUT2D eigenvalue weighted by Crippen LogP contribution is 2.16. The quantitative estimate of drug-likeness (QED) is 0.893. The molecule has 2 rings (SSSR count). The van der Waals surface area contributed by atoms with E-state index in [1.165, 1.54) is 0 Å². The van der Waals surface area contributed by atoms with Crippen LogP contribution in [-0.4, -0.2) is 22.8 Å². The number of aryl methyl sites for hydroxylation is 1. The van der Waals surface area contributed by atoms with Crippen LogP contribution >= 0.6 is 11.6 Å². The fourth-order valence-electron chi connectivity index (χ4n) is 2.79. The van der Waals surface area contributed by atoms with Crippen LogP contribution < -0.4 is 5.56 Å². The van der Waals surface area contributed by atoms with Gasteiger partial charge in [-0.15, -0.1) is 0 Å². The van der Waals surface area contributed by atoms with Crippen LogP contribution in [0.5, 0.6) is 0 Å². The molecule has 5 nitrogen and oxygen atoms in total. The topological polar surface area (TPSA) is 77.0 Å². The third-order valence-electron chi connectivity index (χ3n) is 4.27. The summed E-state index contributed by atoms with van der Waals surface area (Å²) >= 11 is 5.87. The first kappa shape index (κ1) is 18.8. The minimum atomic E-state index is -0.382. The van der Waals surface area contributed by atoms with Crippen molar-refractivity contribution in [2.24, 2.45) is 0 Å². The highest BCUT2D eigenvalue weighted by Gasteiger charge is 2.15. The van der Waals surface area contributed by atoms with Crippen molar-refractivity contribution < 1.29 is 4.79 Å². The third-order valence-corrected chi connectivity index (χ3v) is 4.52. The second-order valence-electron chi connectivity index (χ2n) is 6.05. The molecule has 0 bridgehead atoms. The number of H-pyrrole nitrogens is 1. The number of benzene rings is 1. The molecule has 1 aromatic heterocycles. The van der Waals surface area contributed by atoms with Gasteiger partial charge in [-0.2, -0.15) is 5.26 Å². The van der Waals surface area contributed by atoms with Crippen molar-refractivity contribution >= 4 is 17.5 Å². The number of aromatic amines is 1. The van der Waals surface area contributed by atoms with E-state index < -0.39 is 0 Å². The summed E-state index contributed by atoms with van der Waals surface area (Å²) in [5.41, 5.74) is 2.94. The summed E-state index contributed by atoms with van der Waals surface area (Å²) < 4.78 is 0. The van der Waals surface area contributed by atoms with Crippen LogP contribution in [0, 0.1) is 25.2 Å². The first-order chi connectivity index (χ1) is 11.8. The highest BCUT2D eigenvalue weighted by atomic mass is 35.5. The maximum absolute atomic E-state index is 12.4. The number of carbonyl (C=O) groups is 1. The molecule has 1 amide bonds. The standard InChI is InChI=1S/C19H20ClN3O2/c1-12-16(13(2)22-19(25)17(12)10-21)8-9-18(24)23(3)11-14-4-6-15(20)7-5-14/h4-7H,8-9,11H2,1-3H3,(H,22,25). The van der Waals surface area contributed by atoms with Gasteiger partial charge < -0.3 is 9.88 Å². The molecular formula is C19H20ClN3O2. The lowest BCUT2D eigenvalue weighted by atomic mass is 9.99. The van der Waals surface area contributed by atoms with E-state index in [0.717, 1.165) is 11.1 Å². The fourth-order valence-corrected chi connectivity index (χ4v) is 2.92. The number of carbonyl (C=O) groups excluding carboxylic acids is 1. The van der Waals surface area contributed by atoms with Crippen molar-refractivity contribution in [1.82, 2.24) is 9.88 Å². The molecular weight excluding hydrogens is 338 g/mol. The molecule has 0 aliphatic rings. The van der Waals surface area contributed by atoms with Crippen molar-refractivity contribution in [3.63, 3.8) is 0 Å². The Kier molecular flexibility index (Phi) is 6.00. The monoisotopic (exact) mass is 357 g/mol. The zero-order valence-corrected chi connectivity index (χ0v) is 15.3. The lowest BCUT2D eigenvalue weighted by Crippen LogP contribution is -2.27. The summed E-state index contributed by atoms with van der Waals surface area (Å²) in [5, 5.41) is 9.77. The normalized spacial score (nSPS) is 10.4. The van der Waals surface area contributed by atoms with Gasteiger partial charge in [0.15, 0.2) is 0 Å². The van der Waals surface area contributed by atoms with Gasteiger partial charge in [-0.1, -0.05) is 23.7 Å². The maximum atomic E-state index is 12.4. The van der Waals surface area contributed by atoms with Crippen LogP contribution in [0.2, 0.25) is 5.02 Å². The lowest BCUT2D eigenvalue weighted by molar-refractivity contribution is -0.130. The number of nitrogens with one attached hydrogen (secondary N) is 1. The van der Waals surface area contributed by atoms with Crippen molar-refractivity contribution in [3.05, 3.63) is 67.6 Å². The van der Waals surface area contributed by atoms with E-state index in [1.54, 1.807) is 37.9 Å². The smallest absolute Gasteiger partial charge is 0.266 e. The molecule has 0 aliphatic carbocycles. The Balaban J connectivity index is 2.06. The average molecular weight is 358 g/mol. The van der Waals surface area contributed by atoms with Crippen LogP contribution in [-0.2, 0) is 17.8 Å². The molecule has 1 heterocycles. The molecule has 0 radical (unpaired) electrons. The summed E-state index contributed by atoms with van der Waals surface area (Å²) in [7, 11) is 1.75. The molecule has 25 heavy (non-hydrogen) atoms. The van der Waals surface area contributed by atoms with E-state index >= 15 is 0 Å². The number of amides is 1. The van der Waals surface area contributed by atoms with E-state index in [1.807, 2.05) is 18.2 Å². The van der Waals surface area contributed by atoms with Crippen molar-refractivity contribution in [3.8, 4) is 6.07 Å². The van der Waals surface area contributed by atoms with E-state index in [9.17, 15) is 9.59 Å². The lowest BCUT2D eigenvalue weighted by Gasteiger charge is -2.18. The molecule has 0 saturated heterocycles. The third kappa shape index (κ3) is 4.49. The minimum absolute atomic E-state index is 0.00143. The summed E-state index contributed by atoms with van der Waals surface area (Å²) in [6.07, 6.45) is 0.787. The number of nitrogens with zero attached hydrogens (tertiary/aromatic N) is 2. The molecule has 0 spiro atoms. The van der Waals surface area contributed by atoms with Crippen LogP contribution in [0.4, 0.5) is 0 Å². The zero-order chi connectivity index (χ0) is 18.6. The van der Waals surface area contributed by atoms with Gasteiger partial charge in [0.2, 0.25) is 5.91 Å². The Bertz CT molecular complexity index is 879. The first-order valence-electron chi connectivity index (χ1n) is 7.94. The van der Waals surface area contributed by atoms with Crippen molar-refractivity contribution in [2.75, 3.05) is 7.05 Å². The van der Waals surface area contributed by atoms with Crippen LogP contribution in [0.1, 0.15) is 34.4 Å². The van der Waals surface area contributed by atoms with Gasteiger partial charge >= 0.3 is 0 Å². The molecule has 130 valence electrons. The predicted octanol–water partition coefficient (Wildman–Crippen LogP) is 3.11. The van der Waals surface area contributed by atoms with Gasteiger partial charge in [-0.05, 0) is 49.1 Å². The molecule has 1 N–H and O–H groups in total. The van der Waals surface area contributed by atoms with Gasteiger partial charge in [-0.3, -0.25) is 9.59 Å². The average Bonchev–Trinajstić information content (AvgIpc) is 2.56. The Hall–Kier alpha value is -2.58. The second kappa shape index (κ2) is 8.00. The fraction of sp³-hybridized carbons (Fsp3) is 0.316. The molecule has 0 unspecified atom stereocenters. The van der Waals surface area contributed by atoms with E-state index in [0.29, 0.717) is 35.7 Å². The molecule has 1 aromatic carbocycles. The number of hydrogen-bond donors (Lipinski definition) is 1. The highest BCUT2D eigenvalue weighted by molar-refractivity contribution is 6.30.